The summed E-state index contributed by atoms with van der Waals surface area (Å²) in [5, 5.41) is 12.1. The standard InChI is InChI=1S/C13H26N2O2/c1-4-14-13(2,3)12(17)15-9-5-7-11(15)8-6-10-16/h11,14,16H,4-10H2,1-3H3. The number of amides is 1. The van der Waals surface area contributed by atoms with Crippen molar-refractivity contribution in [1.82, 2.24) is 10.2 Å². The summed E-state index contributed by atoms with van der Waals surface area (Å²) in [7, 11) is 0. The van der Waals surface area contributed by atoms with E-state index in [1.807, 2.05) is 25.7 Å². The van der Waals surface area contributed by atoms with Crippen LogP contribution in [-0.4, -0.2) is 47.2 Å². The van der Waals surface area contributed by atoms with E-state index in [2.05, 4.69) is 5.32 Å². The topological polar surface area (TPSA) is 52.6 Å². The van der Waals surface area contributed by atoms with E-state index in [4.69, 9.17) is 5.11 Å². The van der Waals surface area contributed by atoms with Crippen molar-refractivity contribution < 1.29 is 9.90 Å². The van der Waals surface area contributed by atoms with Crippen molar-refractivity contribution in [1.29, 1.82) is 0 Å². The van der Waals surface area contributed by atoms with E-state index in [0.29, 0.717) is 6.04 Å². The van der Waals surface area contributed by atoms with Gasteiger partial charge in [0, 0.05) is 19.2 Å². The third kappa shape index (κ3) is 3.68. The fourth-order valence-electron chi connectivity index (χ4n) is 2.61. The second kappa shape index (κ2) is 6.36. The van der Waals surface area contributed by atoms with Crippen molar-refractivity contribution in [2.24, 2.45) is 0 Å². The van der Waals surface area contributed by atoms with Crippen molar-refractivity contribution >= 4 is 5.91 Å². The Hall–Kier alpha value is -0.610. The molecule has 1 saturated heterocycles. The summed E-state index contributed by atoms with van der Waals surface area (Å²) in [5.41, 5.74) is -0.476. The molecule has 0 aliphatic carbocycles. The van der Waals surface area contributed by atoms with Crippen molar-refractivity contribution in [3.8, 4) is 0 Å². The highest BCUT2D eigenvalue weighted by Gasteiger charge is 2.36. The predicted molar refractivity (Wildman–Crippen MR) is 68.8 cm³/mol. The summed E-state index contributed by atoms with van der Waals surface area (Å²) >= 11 is 0. The average molecular weight is 242 g/mol. The van der Waals surface area contributed by atoms with Crippen molar-refractivity contribution in [3.05, 3.63) is 0 Å². The Kier molecular flexibility index (Phi) is 5.40. The molecule has 0 bridgehead atoms. The third-order valence-corrected chi connectivity index (χ3v) is 3.49. The van der Waals surface area contributed by atoms with E-state index < -0.39 is 5.54 Å². The van der Waals surface area contributed by atoms with Gasteiger partial charge in [-0.05, 0) is 46.1 Å². The number of carbonyl (C=O) groups excluding carboxylic acids is 1. The molecule has 1 rings (SSSR count). The van der Waals surface area contributed by atoms with E-state index in [1.165, 1.54) is 0 Å². The highest BCUT2D eigenvalue weighted by atomic mass is 16.3. The van der Waals surface area contributed by atoms with Crippen LogP contribution in [0.5, 0.6) is 0 Å². The second-order valence-electron chi connectivity index (χ2n) is 5.32. The van der Waals surface area contributed by atoms with Gasteiger partial charge in [0.15, 0.2) is 0 Å². The number of hydrogen-bond acceptors (Lipinski definition) is 3. The highest BCUT2D eigenvalue weighted by molar-refractivity contribution is 5.86. The molecule has 1 atom stereocenters. The van der Waals surface area contributed by atoms with Gasteiger partial charge in [-0.3, -0.25) is 4.79 Å². The molecule has 0 aromatic heterocycles. The first-order valence-corrected chi connectivity index (χ1v) is 6.70. The maximum absolute atomic E-state index is 12.4. The number of hydrogen-bond donors (Lipinski definition) is 2. The molecular weight excluding hydrogens is 216 g/mol. The zero-order valence-corrected chi connectivity index (χ0v) is 11.3. The summed E-state index contributed by atoms with van der Waals surface area (Å²) in [5.74, 6) is 0.194. The Morgan fingerprint density at radius 1 is 1.53 bits per heavy atom. The quantitative estimate of drug-likeness (QED) is 0.734. The van der Waals surface area contributed by atoms with Gasteiger partial charge in [0.05, 0.1) is 5.54 Å². The number of rotatable bonds is 6. The van der Waals surface area contributed by atoms with Crippen molar-refractivity contribution in [3.63, 3.8) is 0 Å². The molecule has 0 spiro atoms. The summed E-state index contributed by atoms with van der Waals surface area (Å²) in [6.45, 7) is 7.79. The van der Waals surface area contributed by atoms with E-state index >= 15 is 0 Å². The van der Waals surface area contributed by atoms with Crippen LogP contribution in [0.1, 0.15) is 46.5 Å². The number of carbonyl (C=O) groups is 1. The van der Waals surface area contributed by atoms with Gasteiger partial charge in [0.25, 0.3) is 0 Å². The molecule has 4 heteroatoms. The second-order valence-corrected chi connectivity index (χ2v) is 5.32. The lowest BCUT2D eigenvalue weighted by molar-refractivity contribution is -0.138. The van der Waals surface area contributed by atoms with E-state index in [1.54, 1.807) is 0 Å². The number of aliphatic hydroxyl groups is 1. The lowest BCUT2D eigenvalue weighted by Crippen LogP contribution is -2.55. The molecule has 1 amide bonds. The first kappa shape index (κ1) is 14.5. The lowest BCUT2D eigenvalue weighted by Gasteiger charge is -2.33. The SMILES string of the molecule is CCNC(C)(C)C(=O)N1CCCC1CCCO. The number of likely N-dealkylation sites (N-methyl/N-ethyl adjacent to an activating group) is 1. The molecule has 0 aromatic carbocycles. The van der Waals surface area contributed by atoms with Crippen LogP contribution in [0, 0.1) is 0 Å². The van der Waals surface area contributed by atoms with E-state index in [-0.39, 0.29) is 12.5 Å². The molecule has 0 saturated carbocycles. The molecule has 1 unspecified atom stereocenters. The Labute approximate surface area is 104 Å². The van der Waals surface area contributed by atoms with Crippen LogP contribution in [0.4, 0.5) is 0 Å². The molecule has 0 aromatic rings. The molecule has 0 radical (unpaired) electrons. The fraction of sp³-hybridized carbons (Fsp3) is 0.923. The monoisotopic (exact) mass is 242 g/mol. The van der Waals surface area contributed by atoms with Gasteiger partial charge < -0.3 is 15.3 Å². The Morgan fingerprint density at radius 2 is 2.24 bits per heavy atom. The van der Waals surface area contributed by atoms with E-state index in [0.717, 1.165) is 38.8 Å². The maximum atomic E-state index is 12.4. The molecular formula is C13H26N2O2. The summed E-state index contributed by atoms with van der Waals surface area (Å²) in [6.07, 6.45) is 3.87. The minimum atomic E-state index is -0.476. The van der Waals surface area contributed by atoms with Gasteiger partial charge >= 0.3 is 0 Å². The van der Waals surface area contributed by atoms with Crippen molar-refractivity contribution in [2.75, 3.05) is 19.7 Å². The first-order valence-electron chi connectivity index (χ1n) is 6.70. The van der Waals surface area contributed by atoms with Crippen molar-refractivity contribution in [2.45, 2.75) is 58.0 Å². The maximum Gasteiger partial charge on any atom is 0.242 e. The molecule has 17 heavy (non-hydrogen) atoms. The van der Waals surface area contributed by atoms with Gasteiger partial charge in [-0.25, -0.2) is 0 Å². The van der Waals surface area contributed by atoms with Gasteiger partial charge in [0.1, 0.15) is 0 Å². The van der Waals surface area contributed by atoms with Crippen LogP contribution in [0.3, 0.4) is 0 Å². The smallest absolute Gasteiger partial charge is 0.242 e. The van der Waals surface area contributed by atoms with Crippen LogP contribution in [0.15, 0.2) is 0 Å². The van der Waals surface area contributed by atoms with Crippen LogP contribution < -0.4 is 5.32 Å². The number of likely N-dealkylation sites (tertiary alicyclic amines) is 1. The fourth-order valence-corrected chi connectivity index (χ4v) is 2.61. The molecule has 1 aliphatic rings. The highest BCUT2D eigenvalue weighted by Crippen LogP contribution is 2.24. The normalized spacial score (nSPS) is 20.9. The zero-order valence-electron chi connectivity index (χ0n) is 11.3. The van der Waals surface area contributed by atoms with Crippen LogP contribution in [-0.2, 0) is 4.79 Å². The van der Waals surface area contributed by atoms with Gasteiger partial charge in [-0.1, -0.05) is 6.92 Å². The summed E-state index contributed by atoms with van der Waals surface area (Å²) < 4.78 is 0. The van der Waals surface area contributed by atoms with Crippen LogP contribution in [0.25, 0.3) is 0 Å². The molecule has 1 aliphatic heterocycles. The Balaban J connectivity index is 2.60. The van der Waals surface area contributed by atoms with Crippen LogP contribution >= 0.6 is 0 Å². The predicted octanol–water partition coefficient (Wildman–Crippen LogP) is 1.14. The first-order chi connectivity index (χ1) is 8.03. The number of aliphatic hydroxyl groups excluding tert-OH is 1. The summed E-state index contributed by atoms with van der Waals surface area (Å²) in [6, 6.07) is 0.326. The third-order valence-electron chi connectivity index (χ3n) is 3.49. The molecule has 1 heterocycles. The van der Waals surface area contributed by atoms with Crippen LogP contribution in [0.2, 0.25) is 0 Å². The average Bonchev–Trinajstić information content (AvgIpc) is 2.73. The lowest BCUT2D eigenvalue weighted by atomic mass is 10.0. The van der Waals surface area contributed by atoms with E-state index in [9.17, 15) is 4.79 Å². The Morgan fingerprint density at radius 3 is 2.82 bits per heavy atom. The number of nitrogens with zero attached hydrogens (tertiary/aromatic N) is 1. The summed E-state index contributed by atoms with van der Waals surface area (Å²) in [4.78, 5) is 14.4. The molecule has 1 fully saturated rings. The number of nitrogens with one attached hydrogen (secondary N) is 1. The van der Waals surface area contributed by atoms with Gasteiger partial charge in [-0.15, -0.1) is 0 Å². The molecule has 2 N–H and O–H groups in total. The van der Waals surface area contributed by atoms with Gasteiger partial charge in [0.2, 0.25) is 5.91 Å². The zero-order chi connectivity index (χ0) is 12.9. The minimum Gasteiger partial charge on any atom is -0.396 e. The van der Waals surface area contributed by atoms with Gasteiger partial charge in [-0.2, -0.15) is 0 Å². The minimum absolute atomic E-state index is 0.194. The largest absolute Gasteiger partial charge is 0.396 e. The molecule has 4 nitrogen and oxygen atoms in total. The Bertz CT molecular complexity index is 254. The molecule has 100 valence electrons.